The molecule has 160 valence electrons. The summed E-state index contributed by atoms with van der Waals surface area (Å²) in [5, 5.41) is 2.66. The Morgan fingerprint density at radius 2 is 1.57 bits per heavy atom. The first-order valence-electron chi connectivity index (χ1n) is 9.43. The maximum absolute atomic E-state index is 12.7. The van der Waals surface area contributed by atoms with Gasteiger partial charge in [-0.15, -0.1) is 13.2 Å². The van der Waals surface area contributed by atoms with Crippen LogP contribution in [0.15, 0.2) is 48.5 Å². The van der Waals surface area contributed by atoms with Gasteiger partial charge in [-0.05, 0) is 42.0 Å². The van der Waals surface area contributed by atoms with Crippen LogP contribution < -0.4 is 10.1 Å². The molecule has 1 heterocycles. The van der Waals surface area contributed by atoms with Gasteiger partial charge in [0.1, 0.15) is 5.75 Å². The predicted octanol–water partition coefficient (Wildman–Crippen LogP) is 3.50. The topological polar surface area (TPSA) is 61.9 Å². The Hall–Kier alpha value is -3.07. The number of benzene rings is 2. The number of nitrogens with zero attached hydrogens (tertiary/aromatic N) is 2. The molecule has 9 heteroatoms. The Balaban J connectivity index is 1.49. The molecular formula is C21H22F3N3O3. The summed E-state index contributed by atoms with van der Waals surface area (Å²) in [6.07, 6.45) is -4.70. The van der Waals surface area contributed by atoms with E-state index in [1.54, 1.807) is 41.3 Å². The molecule has 2 aromatic rings. The third kappa shape index (κ3) is 6.21. The number of hydrogen-bond donors (Lipinski definition) is 1. The number of hydrogen-bond acceptors (Lipinski definition) is 4. The number of rotatable bonds is 5. The number of alkyl halides is 3. The molecular weight excluding hydrogens is 399 g/mol. The molecule has 0 saturated carbocycles. The van der Waals surface area contributed by atoms with E-state index in [9.17, 15) is 22.8 Å². The quantitative estimate of drug-likeness (QED) is 0.803. The van der Waals surface area contributed by atoms with Crippen LogP contribution in [0.3, 0.4) is 0 Å². The zero-order chi connectivity index (χ0) is 21.7. The van der Waals surface area contributed by atoms with Gasteiger partial charge in [0.2, 0.25) is 5.91 Å². The van der Waals surface area contributed by atoms with Gasteiger partial charge in [0.15, 0.2) is 0 Å². The molecule has 1 aliphatic rings. The molecule has 0 aliphatic carbocycles. The van der Waals surface area contributed by atoms with Crippen molar-refractivity contribution in [2.75, 3.05) is 31.5 Å². The lowest BCUT2D eigenvalue weighted by molar-refractivity contribution is -0.274. The molecule has 0 bridgehead atoms. The van der Waals surface area contributed by atoms with Crippen LogP contribution in [-0.2, 0) is 11.3 Å². The van der Waals surface area contributed by atoms with Crippen LogP contribution >= 0.6 is 0 Å². The highest BCUT2D eigenvalue weighted by molar-refractivity contribution is 5.95. The number of anilines is 1. The summed E-state index contributed by atoms with van der Waals surface area (Å²) in [6, 6.07) is 12.6. The normalized spacial score (nSPS) is 15.0. The lowest BCUT2D eigenvalue weighted by Gasteiger charge is -2.34. The van der Waals surface area contributed by atoms with E-state index in [1.807, 2.05) is 0 Å². The van der Waals surface area contributed by atoms with Gasteiger partial charge in [0.25, 0.3) is 5.91 Å². The van der Waals surface area contributed by atoms with Crippen molar-refractivity contribution in [3.05, 3.63) is 59.7 Å². The number of nitrogens with one attached hydrogen (secondary N) is 1. The smallest absolute Gasteiger partial charge is 0.406 e. The fourth-order valence-corrected chi connectivity index (χ4v) is 3.25. The average molecular weight is 421 g/mol. The fourth-order valence-electron chi connectivity index (χ4n) is 3.25. The van der Waals surface area contributed by atoms with E-state index in [0.717, 1.165) is 5.56 Å². The van der Waals surface area contributed by atoms with Gasteiger partial charge in [-0.25, -0.2) is 0 Å². The number of carbonyl (C=O) groups excluding carboxylic acids is 2. The zero-order valence-electron chi connectivity index (χ0n) is 16.4. The van der Waals surface area contributed by atoms with Gasteiger partial charge in [-0.1, -0.05) is 12.1 Å². The second kappa shape index (κ2) is 9.17. The third-order valence-corrected chi connectivity index (χ3v) is 4.67. The van der Waals surface area contributed by atoms with E-state index in [4.69, 9.17) is 0 Å². The van der Waals surface area contributed by atoms with E-state index < -0.39 is 6.36 Å². The summed E-state index contributed by atoms with van der Waals surface area (Å²) in [4.78, 5) is 27.6. The highest BCUT2D eigenvalue weighted by Crippen LogP contribution is 2.23. The molecule has 0 aromatic heterocycles. The lowest BCUT2D eigenvalue weighted by Crippen LogP contribution is -2.48. The van der Waals surface area contributed by atoms with Crippen LogP contribution in [0.4, 0.5) is 18.9 Å². The molecule has 0 unspecified atom stereocenters. The monoisotopic (exact) mass is 421 g/mol. The second-order valence-electron chi connectivity index (χ2n) is 7.02. The number of amides is 2. The Kier molecular flexibility index (Phi) is 6.61. The molecule has 3 rings (SSSR count). The molecule has 1 fully saturated rings. The maximum atomic E-state index is 12.7. The summed E-state index contributed by atoms with van der Waals surface area (Å²) < 4.78 is 40.6. The maximum Gasteiger partial charge on any atom is 0.573 e. The number of halogens is 3. The Morgan fingerprint density at radius 3 is 2.10 bits per heavy atom. The molecule has 1 aliphatic heterocycles. The van der Waals surface area contributed by atoms with Gasteiger partial charge < -0.3 is 15.0 Å². The average Bonchev–Trinajstić information content (AvgIpc) is 2.69. The molecule has 0 atom stereocenters. The molecule has 1 N–H and O–H groups in total. The number of piperazine rings is 1. The van der Waals surface area contributed by atoms with Crippen molar-refractivity contribution in [2.45, 2.75) is 19.8 Å². The van der Waals surface area contributed by atoms with Crippen molar-refractivity contribution >= 4 is 17.5 Å². The van der Waals surface area contributed by atoms with E-state index in [1.165, 1.54) is 19.1 Å². The molecule has 6 nitrogen and oxygen atoms in total. The van der Waals surface area contributed by atoms with Crippen LogP contribution in [0.2, 0.25) is 0 Å². The minimum absolute atomic E-state index is 0.0716. The Bertz CT molecular complexity index is 875. The van der Waals surface area contributed by atoms with Crippen molar-refractivity contribution in [2.24, 2.45) is 0 Å². The van der Waals surface area contributed by atoms with Crippen LogP contribution in [0, 0.1) is 0 Å². The lowest BCUT2D eigenvalue weighted by atomic mass is 10.1. The first-order valence-corrected chi connectivity index (χ1v) is 9.43. The summed E-state index contributed by atoms with van der Waals surface area (Å²) in [5.74, 6) is -0.489. The summed E-state index contributed by atoms with van der Waals surface area (Å²) >= 11 is 0. The SMILES string of the molecule is CC(=O)Nc1ccc(C(=O)N2CCN(Cc3ccc(OC(F)(F)F)cc3)CC2)cc1. The van der Waals surface area contributed by atoms with Crippen molar-refractivity contribution in [1.82, 2.24) is 9.80 Å². The van der Waals surface area contributed by atoms with Gasteiger partial charge in [0, 0.05) is 50.9 Å². The molecule has 2 amide bonds. The van der Waals surface area contributed by atoms with Gasteiger partial charge in [-0.2, -0.15) is 0 Å². The van der Waals surface area contributed by atoms with E-state index in [0.29, 0.717) is 44.0 Å². The Morgan fingerprint density at radius 1 is 0.967 bits per heavy atom. The largest absolute Gasteiger partial charge is 0.573 e. The van der Waals surface area contributed by atoms with Crippen LogP contribution in [0.5, 0.6) is 5.75 Å². The number of ether oxygens (including phenoxy) is 1. The van der Waals surface area contributed by atoms with Crippen molar-refractivity contribution in [1.29, 1.82) is 0 Å². The summed E-state index contributed by atoms with van der Waals surface area (Å²) in [7, 11) is 0. The molecule has 0 radical (unpaired) electrons. The predicted molar refractivity (Wildman–Crippen MR) is 105 cm³/mol. The van der Waals surface area contributed by atoms with Gasteiger partial charge in [0.05, 0.1) is 0 Å². The van der Waals surface area contributed by atoms with Crippen molar-refractivity contribution in [3.63, 3.8) is 0 Å². The van der Waals surface area contributed by atoms with Crippen molar-refractivity contribution < 1.29 is 27.5 Å². The number of carbonyl (C=O) groups is 2. The van der Waals surface area contributed by atoms with E-state index in [-0.39, 0.29) is 17.6 Å². The molecule has 2 aromatic carbocycles. The van der Waals surface area contributed by atoms with Gasteiger partial charge in [-0.3, -0.25) is 14.5 Å². The minimum Gasteiger partial charge on any atom is -0.406 e. The van der Waals surface area contributed by atoms with Crippen LogP contribution in [-0.4, -0.2) is 54.2 Å². The van der Waals surface area contributed by atoms with Gasteiger partial charge >= 0.3 is 6.36 Å². The molecule has 30 heavy (non-hydrogen) atoms. The van der Waals surface area contributed by atoms with E-state index >= 15 is 0 Å². The summed E-state index contributed by atoms with van der Waals surface area (Å²) in [6.45, 7) is 4.44. The second-order valence-corrected chi connectivity index (χ2v) is 7.02. The highest BCUT2D eigenvalue weighted by Gasteiger charge is 2.31. The highest BCUT2D eigenvalue weighted by atomic mass is 19.4. The molecule has 1 saturated heterocycles. The first kappa shape index (κ1) is 21.6. The first-order chi connectivity index (χ1) is 14.2. The molecule has 0 spiro atoms. The summed E-state index contributed by atoms with van der Waals surface area (Å²) in [5.41, 5.74) is 2.06. The van der Waals surface area contributed by atoms with Crippen molar-refractivity contribution in [3.8, 4) is 5.75 Å². The van der Waals surface area contributed by atoms with Crippen LogP contribution in [0.1, 0.15) is 22.8 Å². The zero-order valence-corrected chi connectivity index (χ0v) is 16.4. The minimum atomic E-state index is -4.70. The Labute approximate surface area is 172 Å². The standard InChI is InChI=1S/C21H22F3N3O3/c1-15(28)25-18-6-4-17(5-7-18)20(29)27-12-10-26(11-13-27)14-16-2-8-19(9-3-16)30-21(22,23)24/h2-9H,10-14H2,1H3,(H,25,28). The van der Waals surface area contributed by atoms with Crippen LogP contribution in [0.25, 0.3) is 0 Å². The van der Waals surface area contributed by atoms with E-state index in [2.05, 4.69) is 15.0 Å². The fraction of sp³-hybridized carbons (Fsp3) is 0.333. The third-order valence-electron chi connectivity index (χ3n) is 4.67.